The van der Waals surface area contributed by atoms with Gasteiger partial charge in [-0.15, -0.1) is 0 Å². The molecule has 0 heterocycles. The van der Waals surface area contributed by atoms with Crippen molar-refractivity contribution in [1.82, 2.24) is 0 Å². The molecule has 1 rings (SSSR count). The van der Waals surface area contributed by atoms with Crippen LogP contribution in [0.3, 0.4) is 0 Å². The Morgan fingerprint density at radius 2 is 1.45 bits per heavy atom. The van der Waals surface area contributed by atoms with E-state index in [4.69, 9.17) is 0 Å². The topological polar surface area (TPSA) is 0 Å². The van der Waals surface area contributed by atoms with Crippen molar-refractivity contribution in [3.05, 3.63) is 35.9 Å². The fourth-order valence-corrected chi connectivity index (χ4v) is 0.599. The molecule has 0 aliphatic carbocycles. The second-order valence-corrected chi connectivity index (χ2v) is 1.71. The van der Waals surface area contributed by atoms with E-state index in [-0.39, 0.29) is 5.56 Å². The van der Waals surface area contributed by atoms with Gasteiger partial charge in [0.15, 0.2) is 0 Å². The van der Waals surface area contributed by atoms with Crippen molar-refractivity contribution < 1.29 is 8.78 Å². The van der Waals surface area contributed by atoms with E-state index in [0.717, 1.165) is 0 Å². The lowest BCUT2D eigenvalue weighted by Gasteiger charge is -1.94. The minimum Gasteiger partial charge on any atom is -0.205 e. The Kier molecular flexibility index (Phi) is 6.18. The van der Waals surface area contributed by atoms with Crippen LogP contribution in [0, 0.1) is 0 Å². The first kappa shape index (κ1) is 10.7. The average Bonchev–Trinajstić information content (AvgIpc) is 2.10. The number of rotatable bonds is 1. The smallest absolute Gasteiger partial charge is 0.205 e. The van der Waals surface area contributed by atoms with E-state index in [1.54, 1.807) is 18.2 Å². The Bertz CT molecular complexity index is 177. The number of hydrogen-bond donors (Lipinski definition) is 0. The van der Waals surface area contributed by atoms with E-state index in [1.807, 2.05) is 0 Å². The molecular weight excluding hydrogens is 193 g/mol. The van der Waals surface area contributed by atoms with Gasteiger partial charge in [-0.25, -0.2) is 8.78 Å². The molecule has 0 spiro atoms. The Morgan fingerprint density at radius 1 is 1.00 bits per heavy atom. The second kappa shape index (κ2) is 6.38. The summed E-state index contributed by atoms with van der Waals surface area (Å²) < 4.78 is 23.5. The highest BCUT2D eigenvalue weighted by molar-refractivity contribution is 6.85. The molecule has 0 bridgehead atoms. The zero-order chi connectivity index (χ0) is 8.69. The fraction of sp³-hybridized carbons (Fsp3) is 0.143. The van der Waals surface area contributed by atoms with Gasteiger partial charge >= 0.3 is 0 Å². The van der Waals surface area contributed by atoms with Gasteiger partial charge in [0.1, 0.15) is 0 Å². The highest BCUT2D eigenvalue weighted by Gasteiger charge is 2.02. The Morgan fingerprint density at radius 3 is 1.73 bits per heavy atom. The largest absolute Gasteiger partial charge is 0.263 e. The summed E-state index contributed by atoms with van der Waals surface area (Å²) in [6, 6.07) is 7.73. The molecular formula is C7H6Cl2F2. The fourth-order valence-electron chi connectivity index (χ4n) is 0.599. The summed E-state index contributed by atoms with van der Waals surface area (Å²) in [7, 11) is 8.22. The van der Waals surface area contributed by atoms with Crippen LogP contribution in [0.25, 0.3) is 0 Å². The van der Waals surface area contributed by atoms with E-state index in [9.17, 15) is 8.78 Å². The third-order valence-electron chi connectivity index (χ3n) is 1.05. The van der Waals surface area contributed by atoms with Crippen molar-refractivity contribution in [3.8, 4) is 0 Å². The molecule has 1 aromatic rings. The molecule has 0 fully saturated rings. The first-order chi connectivity index (χ1) is 5.30. The van der Waals surface area contributed by atoms with Gasteiger partial charge in [-0.2, -0.15) is 0 Å². The number of halogens is 4. The van der Waals surface area contributed by atoms with Crippen LogP contribution < -0.4 is 0 Å². The van der Waals surface area contributed by atoms with Crippen molar-refractivity contribution >= 4 is 21.7 Å². The van der Waals surface area contributed by atoms with Gasteiger partial charge < -0.3 is 0 Å². The zero-order valence-corrected chi connectivity index (χ0v) is 6.99. The van der Waals surface area contributed by atoms with Crippen LogP contribution in [0.1, 0.15) is 12.0 Å². The Labute approximate surface area is 73.3 Å². The van der Waals surface area contributed by atoms with Gasteiger partial charge in [0.05, 0.1) is 0 Å². The molecule has 0 amide bonds. The normalized spacial score (nSPS) is 8.82. The summed E-state index contributed by atoms with van der Waals surface area (Å²) >= 11 is 0. The highest BCUT2D eigenvalue weighted by Crippen LogP contribution is 2.16. The predicted octanol–water partition coefficient (Wildman–Crippen LogP) is 4.00. The molecule has 4 heteroatoms. The molecule has 11 heavy (non-hydrogen) atoms. The number of benzene rings is 1. The molecule has 0 aliphatic heterocycles. The van der Waals surface area contributed by atoms with Gasteiger partial charge in [-0.05, 0) is 0 Å². The molecule has 0 atom stereocenters. The highest BCUT2D eigenvalue weighted by atomic mass is 36.5. The lowest BCUT2D eigenvalue weighted by molar-refractivity contribution is 0.151. The first-order valence-corrected chi connectivity index (χ1v) is 3.92. The SMILES string of the molecule is ClCl.FC(F)c1ccccc1. The van der Waals surface area contributed by atoms with Crippen LogP contribution in [0.4, 0.5) is 8.78 Å². The van der Waals surface area contributed by atoms with Crippen molar-refractivity contribution in [2.45, 2.75) is 6.43 Å². The molecule has 0 saturated carbocycles. The van der Waals surface area contributed by atoms with E-state index < -0.39 is 6.43 Å². The lowest BCUT2D eigenvalue weighted by Crippen LogP contribution is -1.79. The molecule has 0 saturated heterocycles. The summed E-state index contributed by atoms with van der Waals surface area (Å²) in [5.41, 5.74) is 0.0810. The van der Waals surface area contributed by atoms with Gasteiger partial charge in [0.2, 0.25) is 0 Å². The minimum absolute atomic E-state index is 0.0810. The molecule has 0 nitrogen and oxygen atoms in total. The van der Waals surface area contributed by atoms with E-state index in [1.165, 1.54) is 12.1 Å². The van der Waals surface area contributed by atoms with Crippen molar-refractivity contribution in [2.75, 3.05) is 0 Å². The molecule has 0 unspecified atom stereocenters. The van der Waals surface area contributed by atoms with Crippen LogP contribution in [0.2, 0.25) is 0 Å². The Balaban J connectivity index is 0.000000461. The maximum Gasteiger partial charge on any atom is 0.263 e. The van der Waals surface area contributed by atoms with Crippen LogP contribution in [0.15, 0.2) is 30.3 Å². The van der Waals surface area contributed by atoms with Crippen LogP contribution in [-0.2, 0) is 0 Å². The van der Waals surface area contributed by atoms with Gasteiger partial charge in [0.25, 0.3) is 6.43 Å². The van der Waals surface area contributed by atoms with Gasteiger partial charge in [-0.3, -0.25) is 0 Å². The maximum absolute atomic E-state index is 11.8. The quantitative estimate of drug-likeness (QED) is 0.641. The number of alkyl halides is 2. The van der Waals surface area contributed by atoms with Crippen molar-refractivity contribution in [3.63, 3.8) is 0 Å². The van der Waals surface area contributed by atoms with Crippen molar-refractivity contribution in [2.24, 2.45) is 0 Å². The molecule has 0 aliphatic rings. The molecule has 0 aromatic heterocycles. The van der Waals surface area contributed by atoms with Crippen LogP contribution in [-0.4, -0.2) is 0 Å². The summed E-state index contributed by atoms with van der Waals surface area (Å²) in [6.07, 6.45) is -2.34. The third kappa shape index (κ3) is 4.17. The van der Waals surface area contributed by atoms with E-state index >= 15 is 0 Å². The Hall–Kier alpha value is -0.340. The summed E-state index contributed by atoms with van der Waals surface area (Å²) in [5.74, 6) is 0. The standard InChI is InChI=1S/C7H6F2.Cl2/c8-7(9)6-4-2-1-3-5-6;1-2/h1-5,7H;. The molecule has 1 aromatic carbocycles. The van der Waals surface area contributed by atoms with Crippen molar-refractivity contribution in [1.29, 1.82) is 0 Å². The van der Waals surface area contributed by atoms with Gasteiger partial charge in [0, 0.05) is 27.3 Å². The second-order valence-electron chi connectivity index (χ2n) is 1.71. The lowest BCUT2D eigenvalue weighted by atomic mass is 10.2. The average molecular weight is 199 g/mol. The zero-order valence-electron chi connectivity index (χ0n) is 5.48. The first-order valence-electron chi connectivity index (χ1n) is 2.78. The summed E-state index contributed by atoms with van der Waals surface area (Å²) in [6.45, 7) is 0. The van der Waals surface area contributed by atoms with E-state index in [0.29, 0.717) is 0 Å². The third-order valence-corrected chi connectivity index (χ3v) is 1.05. The molecule has 62 valence electrons. The monoisotopic (exact) mass is 198 g/mol. The number of hydrogen-bond acceptors (Lipinski definition) is 0. The minimum atomic E-state index is -2.34. The summed E-state index contributed by atoms with van der Waals surface area (Å²) in [5, 5.41) is 0. The summed E-state index contributed by atoms with van der Waals surface area (Å²) in [4.78, 5) is 0. The molecule has 0 N–H and O–H groups in total. The van der Waals surface area contributed by atoms with Crippen LogP contribution >= 0.6 is 21.7 Å². The molecule has 0 radical (unpaired) electrons. The van der Waals surface area contributed by atoms with Crippen LogP contribution in [0.5, 0.6) is 0 Å². The van der Waals surface area contributed by atoms with Gasteiger partial charge in [-0.1, -0.05) is 30.3 Å². The van der Waals surface area contributed by atoms with E-state index in [2.05, 4.69) is 21.7 Å². The maximum atomic E-state index is 11.8. The predicted molar refractivity (Wildman–Crippen MR) is 43.1 cm³/mol.